The third-order valence-electron chi connectivity index (χ3n) is 2.18. The first-order chi connectivity index (χ1) is 6.34. The van der Waals surface area contributed by atoms with Gasteiger partial charge in [-0.2, -0.15) is 0 Å². The second-order valence-electron chi connectivity index (χ2n) is 3.38. The van der Waals surface area contributed by atoms with E-state index in [0.29, 0.717) is 19.1 Å². The minimum absolute atomic E-state index is 0.0209. The molecule has 0 aromatic carbocycles. The van der Waals surface area contributed by atoms with E-state index >= 15 is 0 Å². The van der Waals surface area contributed by atoms with Crippen LogP contribution in [0.2, 0.25) is 0 Å². The van der Waals surface area contributed by atoms with Gasteiger partial charge in [0, 0.05) is 19.3 Å². The second kappa shape index (κ2) is 4.13. The van der Waals surface area contributed by atoms with Crippen LogP contribution in [0.25, 0.3) is 0 Å². The van der Waals surface area contributed by atoms with Crippen LogP contribution >= 0.6 is 0 Å². The van der Waals surface area contributed by atoms with Crippen molar-refractivity contribution in [2.24, 2.45) is 4.99 Å². The summed E-state index contributed by atoms with van der Waals surface area (Å²) in [6.45, 7) is 2.25. The van der Waals surface area contributed by atoms with Gasteiger partial charge in [-0.3, -0.25) is 15.6 Å². The quantitative estimate of drug-likeness (QED) is 0.563. The standard InChI is InChI=1S/C8H14FN3O/c9-6-1-11-8(12-2-6)3-10-7-4-13-5-7/h3,6-8,11-12H,1-2,4-5H2. The summed E-state index contributed by atoms with van der Waals surface area (Å²) in [5.74, 6) is 0. The summed E-state index contributed by atoms with van der Waals surface area (Å²) in [5, 5.41) is 5.99. The van der Waals surface area contributed by atoms with Crippen molar-refractivity contribution in [2.45, 2.75) is 18.4 Å². The summed E-state index contributed by atoms with van der Waals surface area (Å²) in [6, 6.07) is 0.312. The molecule has 2 rings (SSSR count). The molecule has 0 bridgehead atoms. The van der Waals surface area contributed by atoms with Crippen molar-refractivity contribution in [2.75, 3.05) is 26.3 Å². The highest BCUT2D eigenvalue weighted by Gasteiger charge is 2.19. The molecule has 5 heteroatoms. The van der Waals surface area contributed by atoms with Gasteiger partial charge >= 0.3 is 0 Å². The van der Waals surface area contributed by atoms with Crippen LogP contribution in [0.15, 0.2) is 4.99 Å². The molecule has 0 aliphatic carbocycles. The third-order valence-corrected chi connectivity index (χ3v) is 2.18. The van der Waals surface area contributed by atoms with Crippen molar-refractivity contribution in [1.29, 1.82) is 0 Å². The van der Waals surface area contributed by atoms with Crippen LogP contribution in [0.5, 0.6) is 0 Å². The van der Waals surface area contributed by atoms with Crippen molar-refractivity contribution in [3.8, 4) is 0 Å². The maximum Gasteiger partial charge on any atom is 0.125 e. The van der Waals surface area contributed by atoms with Crippen LogP contribution in [0.4, 0.5) is 4.39 Å². The van der Waals surface area contributed by atoms with Crippen LogP contribution in [-0.2, 0) is 4.74 Å². The fourth-order valence-electron chi connectivity index (χ4n) is 1.28. The number of hydrogen-bond donors (Lipinski definition) is 2. The number of hydrogen-bond acceptors (Lipinski definition) is 4. The van der Waals surface area contributed by atoms with E-state index < -0.39 is 6.17 Å². The van der Waals surface area contributed by atoms with E-state index in [-0.39, 0.29) is 6.17 Å². The lowest BCUT2D eigenvalue weighted by Crippen LogP contribution is -2.54. The smallest absolute Gasteiger partial charge is 0.125 e. The molecule has 2 aliphatic heterocycles. The Labute approximate surface area is 76.6 Å². The topological polar surface area (TPSA) is 45.7 Å². The Kier molecular flexibility index (Phi) is 2.87. The highest BCUT2D eigenvalue weighted by Crippen LogP contribution is 2.04. The number of alkyl halides is 1. The molecule has 0 aromatic rings. The van der Waals surface area contributed by atoms with E-state index in [2.05, 4.69) is 15.6 Å². The molecule has 2 N–H and O–H groups in total. The molecule has 0 radical (unpaired) electrons. The van der Waals surface area contributed by atoms with Crippen molar-refractivity contribution in [1.82, 2.24) is 10.6 Å². The summed E-state index contributed by atoms with van der Waals surface area (Å²) in [5.41, 5.74) is 0. The minimum Gasteiger partial charge on any atom is -0.377 e. The fourth-order valence-corrected chi connectivity index (χ4v) is 1.28. The first-order valence-corrected chi connectivity index (χ1v) is 4.56. The lowest BCUT2D eigenvalue weighted by molar-refractivity contribution is 0.0133. The van der Waals surface area contributed by atoms with Crippen molar-refractivity contribution in [3.63, 3.8) is 0 Å². The minimum atomic E-state index is -0.781. The summed E-state index contributed by atoms with van der Waals surface area (Å²) in [6.07, 6.45) is 1.04. The summed E-state index contributed by atoms with van der Waals surface area (Å²) in [7, 11) is 0. The van der Waals surface area contributed by atoms with Gasteiger partial charge in [-0.25, -0.2) is 4.39 Å². The fraction of sp³-hybridized carbons (Fsp3) is 0.875. The van der Waals surface area contributed by atoms with E-state index in [1.54, 1.807) is 6.21 Å². The van der Waals surface area contributed by atoms with E-state index in [0.717, 1.165) is 13.2 Å². The van der Waals surface area contributed by atoms with Crippen LogP contribution in [0.1, 0.15) is 0 Å². The molecule has 4 nitrogen and oxygen atoms in total. The first kappa shape index (κ1) is 9.05. The second-order valence-corrected chi connectivity index (χ2v) is 3.38. The number of nitrogens with zero attached hydrogens (tertiary/aromatic N) is 1. The average Bonchev–Trinajstić information content (AvgIpc) is 2.05. The van der Waals surface area contributed by atoms with Crippen molar-refractivity contribution in [3.05, 3.63) is 0 Å². The molecule has 0 spiro atoms. The van der Waals surface area contributed by atoms with E-state index in [1.807, 2.05) is 0 Å². The Morgan fingerprint density at radius 2 is 2.00 bits per heavy atom. The van der Waals surface area contributed by atoms with Gasteiger partial charge in [0.1, 0.15) is 6.17 Å². The monoisotopic (exact) mass is 187 g/mol. The normalized spacial score (nSPS) is 36.4. The Balaban J connectivity index is 1.71. The molecule has 2 aliphatic rings. The Hall–Kier alpha value is -0.520. The zero-order valence-electron chi connectivity index (χ0n) is 7.37. The molecular weight excluding hydrogens is 173 g/mol. The molecule has 0 amide bonds. The highest BCUT2D eigenvalue weighted by atomic mass is 19.1. The zero-order valence-corrected chi connectivity index (χ0v) is 7.37. The van der Waals surface area contributed by atoms with Gasteiger partial charge in [0.25, 0.3) is 0 Å². The number of aliphatic imine (C=N–C) groups is 1. The van der Waals surface area contributed by atoms with Gasteiger partial charge in [0.2, 0.25) is 0 Å². The molecule has 2 heterocycles. The lowest BCUT2D eigenvalue weighted by atomic mass is 10.2. The predicted molar refractivity (Wildman–Crippen MR) is 47.8 cm³/mol. The molecule has 0 aromatic heterocycles. The van der Waals surface area contributed by atoms with Gasteiger partial charge in [-0.05, 0) is 0 Å². The van der Waals surface area contributed by atoms with Gasteiger partial charge in [0.05, 0.1) is 25.4 Å². The Morgan fingerprint density at radius 3 is 2.54 bits per heavy atom. The van der Waals surface area contributed by atoms with E-state index in [4.69, 9.17) is 4.74 Å². The summed E-state index contributed by atoms with van der Waals surface area (Å²) in [4.78, 5) is 4.28. The van der Waals surface area contributed by atoms with Gasteiger partial charge in [0.15, 0.2) is 0 Å². The lowest BCUT2D eigenvalue weighted by Gasteiger charge is -2.26. The highest BCUT2D eigenvalue weighted by molar-refractivity contribution is 5.64. The van der Waals surface area contributed by atoms with Gasteiger partial charge in [-0.1, -0.05) is 0 Å². The Morgan fingerprint density at radius 1 is 1.31 bits per heavy atom. The van der Waals surface area contributed by atoms with Crippen LogP contribution in [0, 0.1) is 0 Å². The number of rotatable bonds is 2. The van der Waals surface area contributed by atoms with Crippen LogP contribution < -0.4 is 10.6 Å². The summed E-state index contributed by atoms with van der Waals surface area (Å²) >= 11 is 0. The maximum atomic E-state index is 12.6. The Bertz CT molecular complexity index is 188. The predicted octanol–water partition coefficient (Wildman–Crippen LogP) is -0.687. The molecule has 2 fully saturated rings. The van der Waals surface area contributed by atoms with Crippen LogP contribution in [0.3, 0.4) is 0 Å². The zero-order chi connectivity index (χ0) is 9.10. The number of halogens is 1. The largest absolute Gasteiger partial charge is 0.377 e. The SMILES string of the molecule is FC1CNC(C=NC2COC2)NC1. The molecule has 0 unspecified atom stereocenters. The number of nitrogens with one attached hydrogen (secondary N) is 2. The van der Waals surface area contributed by atoms with Crippen LogP contribution in [-0.4, -0.2) is 50.9 Å². The van der Waals surface area contributed by atoms with Gasteiger partial charge in [-0.15, -0.1) is 0 Å². The third kappa shape index (κ3) is 2.46. The molecule has 0 atom stereocenters. The number of ether oxygens (including phenoxy) is 1. The van der Waals surface area contributed by atoms with Crippen molar-refractivity contribution < 1.29 is 9.13 Å². The summed E-state index contributed by atoms with van der Waals surface area (Å²) < 4.78 is 17.6. The average molecular weight is 187 g/mol. The first-order valence-electron chi connectivity index (χ1n) is 4.56. The molecule has 2 saturated heterocycles. The molecule has 13 heavy (non-hydrogen) atoms. The molecule has 74 valence electrons. The molecular formula is C8H14FN3O. The van der Waals surface area contributed by atoms with Crippen molar-refractivity contribution >= 4 is 6.21 Å². The van der Waals surface area contributed by atoms with E-state index in [1.165, 1.54) is 0 Å². The molecule has 0 saturated carbocycles. The van der Waals surface area contributed by atoms with E-state index in [9.17, 15) is 4.39 Å². The van der Waals surface area contributed by atoms with Gasteiger partial charge < -0.3 is 4.74 Å². The maximum absolute atomic E-state index is 12.6.